The fourth-order valence-corrected chi connectivity index (χ4v) is 2.88. The number of rotatable bonds is 7. The maximum absolute atomic E-state index is 12.6. The summed E-state index contributed by atoms with van der Waals surface area (Å²) in [5.74, 6) is -3.55. The van der Waals surface area contributed by atoms with Gasteiger partial charge in [-0.3, -0.25) is 25.8 Å². The number of benzene rings is 3. The number of ether oxygens (including phenoxy) is 1. The van der Waals surface area contributed by atoms with Gasteiger partial charge < -0.3 is 15.6 Å². The molecule has 0 saturated carbocycles. The molecule has 3 aromatic carbocycles. The normalized spacial score (nSPS) is 11.1. The van der Waals surface area contributed by atoms with Crippen LogP contribution in [0, 0.1) is 5.41 Å². The number of aliphatic carboxylic acids is 1. The number of hydrogen-bond acceptors (Lipinski definition) is 5. The molecule has 3 rings (SSSR count). The molecule has 1 atom stereocenters. The van der Waals surface area contributed by atoms with Crippen LogP contribution in [0.5, 0.6) is 5.75 Å². The summed E-state index contributed by atoms with van der Waals surface area (Å²) in [7, 11) is 0. The van der Waals surface area contributed by atoms with Crippen LogP contribution in [0.1, 0.15) is 15.9 Å². The zero-order valence-electron chi connectivity index (χ0n) is 16.7. The van der Waals surface area contributed by atoms with Gasteiger partial charge in [0.15, 0.2) is 0 Å². The van der Waals surface area contributed by atoms with Crippen molar-refractivity contribution < 1.29 is 24.2 Å². The summed E-state index contributed by atoms with van der Waals surface area (Å²) in [5, 5.41) is 17.1. The summed E-state index contributed by atoms with van der Waals surface area (Å²) in [6.45, 7) is 0. The first-order chi connectivity index (χ1) is 15.4. The van der Waals surface area contributed by atoms with Gasteiger partial charge >= 0.3 is 5.97 Å². The van der Waals surface area contributed by atoms with Crippen molar-refractivity contribution >= 4 is 23.6 Å². The van der Waals surface area contributed by atoms with Crippen molar-refractivity contribution in [2.24, 2.45) is 5.73 Å². The lowest BCUT2D eigenvalue weighted by Gasteiger charge is -2.16. The van der Waals surface area contributed by atoms with Crippen LogP contribution in [-0.4, -0.2) is 34.8 Å². The zero-order chi connectivity index (χ0) is 23.1. The van der Waals surface area contributed by atoms with E-state index in [1.807, 2.05) is 35.8 Å². The van der Waals surface area contributed by atoms with Crippen LogP contribution >= 0.6 is 0 Å². The molecule has 0 aliphatic heterocycles. The number of carbonyl (C=O) groups excluding carboxylic acids is 2. The lowest BCUT2D eigenvalue weighted by atomic mass is 9.98. The van der Waals surface area contributed by atoms with E-state index < -0.39 is 23.9 Å². The Morgan fingerprint density at radius 2 is 1.47 bits per heavy atom. The molecule has 0 bridgehead atoms. The Bertz CT molecular complexity index is 1150. The second-order valence-corrected chi connectivity index (χ2v) is 6.63. The van der Waals surface area contributed by atoms with Gasteiger partial charge in [-0.15, -0.1) is 0 Å². The fourth-order valence-electron chi connectivity index (χ4n) is 2.88. The average molecular weight is 432 g/mol. The Balaban J connectivity index is 1.74. The highest BCUT2D eigenvalue weighted by Crippen LogP contribution is 2.22. The van der Waals surface area contributed by atoms with Crippen molar-refractivity contribution in [2.75, 3.05) is 0 Å². The number of carboxylic acid groups (broad SMARTS) is 1. The van der Waals surface area contributed by atoms with Gasteiger partial charge in [0.25, 0.3) is 17.9 Å². The zero-order valence-corrected chi connectivity index (χ0v) is 16.7. The van der Waals surface area contributed by atoms with Gasteiger partial charge in [0.05, 0.1) is 5.56 Å². The second kappa shape index (κ2) is 9.90. The van der Waals surface area contributed by atoms with Crippen molar-refractivity contribution in [3.8, 4) is 16.9 Å². The fraction of sp³-hybridized carbons (Fsp3) is 0.0435. The number of carbonyl (C=O) groups is 3. The first-order valence-corrected chi connectivity index (χ1v) is 9.45. The molecule has 6 N–H and O–H groups in total. The minimum Gasteiger partial charge on any atom is -0.478 e. The Hall–Kier alpha value is -4.66. The van der Waals surface area contributed by atoms with E-state index in [0.717, 1.165) is 11.1 Å². The highest BCUT2D eigenvalue weighted by Gasteiger charge is 2.29. The van der Waals surface area contributed by atoms with Crippen LogP contribution in [-0.2, 0) is 9.59 Å². The van der Waals surface area contributed by atoms with E-state index >= 15 is 0 Å². The minimum absolute atomic E-state index is 0.0355. The summed E-state index contributed by atoms with van der Waals surface area (Å²) < 4.78 is 5.19. The molecule has 0 aromatic heterocycles. The van der Waals surface area contributed by atoms with Crippen molar-refractivity contribution in [1.29, 1.82) is 5.41 Å². The number of nitrogens with one attached hydrogen (secondary N) is 3. The SMILES string of the molecule is N=C(N)c1cc(-c2ccccc2)ccc1C(=O)NNC(=O)C(Oc1ccccc1)C(=O)O. The van der Waals surface area contributed by atoms with Gasteiger partial charge in [-0.1, -0.05) is 54.6 Å². The molecule has 9 nitrogen and oxygen atoms in total. The lowest BCUT2D eigenvalue weighted by molar-refractivity contribution is -0.151. The summed E-state index contributed by atoms with van der Waals surface area (Å²) in [6, 6.07) is 22.0. The first-order valence-electron chi connectivity index (χ1n) is 9.45. The van der Waals surface area contributed by atoms with Gasteiger partial charge in [0, 0.05) is 5.56 Å². The Labute approximate surface area is 183 Å². The third-order valence-corrected chi connectivity index (χ3v) is 4.42. The molecule has 32 heavy (non-hydrogen) atoms. The minimum atomic E-state index is -1.88. The van der Waals surface area contributed by atoms with Crippen molar-refractivity contribution in [1.82, 2.24) is 10.9 Å². The lowest BCUT2D eigenvalue weighted by Crippen LogP contribution is -2.51. The average Bonchev–Trinajstić information content (AvgIpc) is 2.81. The van der Waals surface area contributed by atoms with E-state index in [9.17, 15) is 19.5 Å². The van der Waals surface area contributed by atoms with Crippen molar-refractivity contribution in [2.45, 2.75) is 6.10 Å². The molecule has 3 aromatic rings. The van der Waals surface area contributed by atoms with Crippen LogP contribution in [0.2, 0.25) is 0 Å². The summed E-state index contributed by atoms with van der Waals surface area (Å²) in [6.07, 6.45) is -1.88. The van der Waals surface area contributed by atoms with Crippen molar-refractivity contribution in [3.05, 3.63) is 90.0 Å². The molecule has 0 spiro atoms. The number of carboxylic acids is 1. The van der Waals surface area contributed by atoms with Gasteiger partial charge in [-0.25, -0.2) is 4.79 Å². The molecule has 0 fully saturated rings. The van der Waals surface area contributed by atoms with Crippen LogP contribution in [0.15, 0.2) is 78.9 Å². The molecule has 162 valence electrons. The first kappa shape index (κ1) is 22.0. The maximum atomic E-state index is 12.6. The number of amidine groups is 1. The smallest absolute Gasteiger partial charge is 0.355 e. The number of hydrazine groups is 1. The summed E-state index contributed by atoms with van der Waals surface area (Å²) in [4.78, 5) is 36.3. The number of nitrogen functional groups attached to an aromatic ring is 1. The molecule has 0 heterocycles. The standard InChI is InChI=1S/C23H20N4O5/c24-20(25)18-13-15(14-7-3-1-4-8-14)11-12-17(18)21(28)26-27-22(29)19(23(30)31)32-16-9-5-2-6-10-16/h1-13,19H,(H3,24,25)(H,26,28)(H,27,29)(H,30,31). The highest BCUT2D eigenvalue weighted by atomic mass is 16.5. The predicted molar refractivity (Wildman–Crippen MR) is 117 cm³/mol. The number of para-hydroxylation sites is 1. The Morgan fingerprint density at radius 1 is 0.844 bits per heavy atom. The third-order valence-electron chi connectivity index (χ3n) is 4.42. The maximum Gasteiger partial charge on any atom is 0.355 e. The summed E-state index contributed by atoms with van der Waals surface area (Å²) >= 11 is 0. The van der Waals surface area contributed by atoms with Crippen molar-refractivity contribution in [3.63, 3.8) is 0 Å². The highest BCUT2D eigenvalue weighted by molar-refractivity contribution is 6.09. The molecular weight excluding hydrogens is 412 g/mol. The number of hydrogen-bond donors (Lipinski definition) is 5. The Morgan fingerprint density at radius 3 is 2.06 bits per heavy atom. The van der Waals surface area contributed by atoms with E-state index in [0.29, 0.717) is 0 Å². The van der Waals surface area contributed by atoms with Gasteiger partial charge in [-0.2, -0.15) is 0 Å². The van der Waals surface area contributed by atoms with Crippen LogP contribution in [0.3, 0.4) is 0 Å². The molecule has 0 radical (unpaired) electrons. The van der Waals surface area contributed by atoms with Gasteiger partial charge in [0.2, 0.25) is 0 Å². The van der Waals surface area contributed by atoms with E-state index in [4.69, 9.17) is 15.9 Å². The molecule has 0 aliphatic rings. The molecule has 0 aliphatic carbocycles. The molecule has 9 heteroatoms. The van der Waals surface area contributed by atoms with Crippen LogP contribution < -0.4 is 21.3 Å². The Kier molecular flexibility index (Phi) is 6.81. The molecule has 1 unspecified atom stereocenters. The predicted octanol–water partition coefficient (Wildman–Crippen LogP) is 1.93. The number of nitrogens with two attached hydrogens (primary N) is 1. The van der Waals surface area contributed by atoms with Gasteiger partial charge in [0.1, 0.15) is 11.6 Å². The van der Waals surface area contributed by atoms with E-state index in [-0.39, 0.29) is 22.7 Å². The molecular formula is C23H20N4O5. The third kappa shape index (κ3) is 5.28. The molecule has 2 amide bonds. The quantitative estimate of drug-likeness (QED) is 0.166. The van der Waals surface area contributed by atoms with E-state index in [2.05, 4.69) is 5.43 Å². The van der Waals surface area contributed by atoms with Crippen LogP contribution in [0.25, 0.3) is 11.1 Å². The number of amides is 2. The van der Waals surface area contributed by atoms with Crippen LogP contribution in [0.4, 0.5) is 0 Å². The largest absolute Gasteiger partial charge is 0.478 e. The second-order valence-electron chi connectivity index (χ2n) is 6.63. The topological polar surface area (TPSA) is 155 Å². The monoisotopic (exact) mass is 432 g/mol. The molecule has 0 saturated heterocycles. The summed E-state index contributed by atoms with van der Waals surface area (Å²) in [5.41, 5.74) is 11.6. The van der Waals surface area contributed by atoms with E-state index in [1.165, 1.54) is 18.2 Å². The van der Waals surface area contributed by atoms with E-state index in [1.54, 1.807) is 30.3 Å². The van der Waals surface area contributed by atoms with Gasteiger partial charge in [-0.05, 0) is 35.4 Å².